The number of hydrogen-bond donors (Lipinski definition) is 0. The molecule has 0 radical (unpaired) electrons. The summed E-state index contributed by atoms with van der Waals surface area (Å²) >= 11 is 0. The van der Waals surface area contributed by atoms with Crippen molar-refractivity contribution in [2.24, 2.45) is 4.99 Å². The second kappa shape index (κ2) is 11.1. The maximum atomic E-state index is 5.48. The Hall–Kier alpha value is -3.87. The largest absolute Gasteiger partial charge is 2.00 e. The van der Waals surface area contributed by atoms with Gasteiger partial charge in [0.05, 0.1) is 5.69 Å². The maximum Gasteiger partial charge on any atom is 2.00 e. The molecule has 0 saturated carbocycles. The van der Waals surface area contributed by atoms with E-state index < -0.39 is 5.41 Å². The van der Waals surface area contributed by atoms with Gasteiger partial charge in [0.1, 0.15) is 5.41 Å². The van der Waals surface area contributed by atoms with Crippen molar-refractivity contribution in [3.63, 3.8) is 0 Å². The molecule has 2 heterocycles. The summed E-state index contributed by atoms with van der Waals surface area (Å²) in [5.41, 5.74) is 15.4. The fourth-order valence-electron chi connectivity index (χ4n) is 6.39. The Bertz CT molecular complexity index is 1850. The number of aromatic nitrogens is 1. The molecule has 0 unspecified atom stereocenters. The molecule has 2 aliphatic rings. The SMILES string of the molecule is Cc1c[c-]c(C2=NC(C3(c4cccc(-c5[c-]cc(C)c(C)c5)n4)c4ccccc4-c4ccccc43)=CCC2)cc1C.[Pt+2]. The molecule has 3 heteroatoms. The molecule has 0 atom stereocenters. The number of fused-ring (bicyclic) bond motifs is 3. The number of hydrogen-bond acceptors (Lipinski definition) is 2. The van der Waals surface area contributed by atoms with Crippen LogP contribution in [-0.4, -0.2) is 10.7 Å². The van der Waals surface area contributed by atoms with Crippen molar-refractivity contribution in [2.75, 3.05) is 0 Å². The van der Waals surface area contributed by atoms with Crippen LogP contribution in [0.4, 0.5) is 0 Å². The molecule has 2 nitrogen and oxygen atoms in total. The monoisotopic (exact) mass is 723 g/mol. The first kappa shape index (κ1) is 28.3. The Morgan fingerprint density at radius 3 is 1.90 bits per heavy atom. The van der Waals surface area contributed by atoms with Crippen LogP contribution in [0.1, 0.15) is 57.5 Å². The Morgan fingerprint density at radius 2 is 1.26 bits per heavy atom. The van der Waals surface area contributed by atoms with E-state index in [1.54, 1.807) is 0 Å². The van der Waals surface area contributed by atoms with Crippen LogP contribution < -0.4 is 0 Å². The molecule has 0 saturated heterocycles. The van der Waals surface area contributed by atoms with Crippen molar-refractivity contribution in [3.8, 4) is 22.4 Å². The average molecular weight is 724 g/mol. The minimum absolute atomic E-state index is 0. The molecule has 1 aliphatic heterocycles. The summed E-state index contributed by atoms with van der Waals surface area (Å²) in [4.78, 5) is 10.9. The number of rotatable bonds is 4. The van der Waals surface area contributed by atoms with Gasteiger partial charge in [-0.2, -0.15) is 0 Å². The van der Waals surface area contributed by atoms with Crippen molar-refractivity contribution in [2.45, 2.75) is 46.0 Å². The van der Waals surface area contributed by atoms with Gasteiger partial charge >= 0.3 is 21.1 Å². The fourth-order valence-corrected chi connectivity index (χ4v) is 6.39. The molecule has 42 heavy (non-hydrogen) atoms. The Balaban J connectivity index is 0.00000316. The molecule has 4 aromatic carbocycles. The number of aliphatic imine (C=N–C) groups is 1. The van der Waals surface area contributed by atoms with Gasteiger partial charge in [0, 0.05) is 5.70 Å². The van der Waals surface area contributed by atoms with E-state index in [-0.39, 0.29) is 21.1 Å². The van der Waals surface area contributed by atoms with Crippen molar-refractivity contribution in [1.29, 1.82) is 0 Å². The summed E-state index contributed by atoms with van der Waals surface area (Å²) < 4.78 is 0. The van der Waals surface area contributed by atoms with Gasteiger partial charge in [0.25, 0.3) is 0 Å². The Kier molecular flexibility index (Phi) is 7.46. The predicted molar refractivity (Wildman–Crippen MR) is 168 cm³/mol. The van der Waals surface area contributed by atoms with Crippen LogP contribution in [-0.2, 0) is 26.5 Å². The summed E-state index contributed by atoms with van der Waals surface area (Å²) in [6, 6.07) is 39.5. The van der Waals surface area contributed by atoms with Crippen molar-refractivity contribution in [3.05, 3.63) is 160 Å². The quantitative estimate of drug-likeness (QED) is 0.170. The van der Waals surface area contributed by atoms with E-state index in [1.165, 1.54) is 44.5 Å². The van der Waals surface area contributed by atoms with E-state index in [4.69, 9.17) is 9.98 Å². The van der Waals surface area contributed by atoms with E-state index in [0.29, 0.717) is 0 Å². The summed E-state index contributed by atoms with van der Waals surface area (Å²) in [6.45, 7) is 8.57. The van der Waals surface area contributed by atoms with Gasteiger partial charge in [-0.25, -0.2) is 0 Å². The molecule has 0 spiro atoms. The normalized spacial score (nSPS) is 14.8. The summed E-state index contributed by atoms with van der Waals surface area (Å²) in [6.07, 6.45) is 4.15. The number of pyridine rings is 1. The Morgan fingerprint density at radius 1 is 0.667 bits per heavy atom. The summed E-state index contributed by atoms with van der Waals surface area (Å²) in [5, 5.41) is 0. The fraction of sp³-hybridized carbons (Fsp3) is 0.179. The van der Waals surface area contributed by atoms with Crippen molar-refractivity contribution < 1.29 is 21.1 Å². The first-order chi connectivity index (χ1) is 20.0. The number of benzene rings is 4. The molecule has 7 rings (SSSR count). The van der Waals surface area contributed by atoms with Crippen molar-refractivity contribution >= 4 is 5.71 Å². The van der Waals surface area contributed by atoms with Gasteiger partial charge in [-0.3, -0.25) is 4.98 Å². The first-order valence-electron chi connectivity index (χ1n) is 14.4. The molecule has 0 bridgehead atoms. The number of allylic oxidation sites excluding steroid dienone is 2. The summed E-state index contributed by atoms with van der Waals surface area (Å²) in [5.74, 6) is 0. The van der Waals surface area contributed by atoms with Gasteiger partial charge < -0.3 is 4.99 Å². The van der Waals surface area contributed by atoms with E-state index >= 15 is 0 Å². The predicted octanol–water partition coefficient (Wildman–Crippen LogP) is 9.06. The van der Waals surface area contributed by atoms with Gasteiger partial charge in [-0.1, -0.05) is 94.4 Å². The van der Waals surface area contributed by atoms with Crippen LogP contribution in [0.3, 0.4) is 0 Å². The van der Waals surface area contributed by atoms with Gasteiger partial charge in [0.2, 0.25) is 0 Å². The minimum Gasteiger partial charge on any atom is -0.304 e. The number of nitrogens with zero attached hydrogens (tertiary/aromatic N) is 2. The smallest absolute Gasteiger partial charge is 0.304 e. The van der Waals surface area contributed by atoms with Gasteiger partial charge in [0.15, 0.2) is 0 Å². The Labute approximate surface area is 263 Å². The molecular weight excluding hydrogens is 692 g/mol. The standard InChI is InChI=1S/C39H32N2.Pt/c1-25-19-21-29(23-27(25)3)35-15-9-17-37(40-35)39(33-13-7-5-11-31(33)32-12-6-8-14-34(32)39)38-18-10-16-36(41-38)30-22-20-26(2)28(4)24-30;/h5-9,11-15,17-20,23-24H,10,16H2,1-4H3;/q-2;+2. The molecular formula is C39H32N2Pt. The third-order valence-electron chi connectivity index (χ3n) is 8.88. The van der Waals surface area contributed by atoms with Crippen LogP contribution >= 0.6 is 0 Å². The second-order valence-corrected chi connectivity index (χ2v) is 11.4. The molecule has 0 N–H and O–H groups in total. The third kappa shape index (κ3) is 4.45. The van der Waals surface area contributed by atoms with Crippen LogP contribution in [0.5, 0.6) is 0 Å². The topological polar surface area (TPSA) is 25.2 Å². The van der Waals surface area contributed by atoms with Crippen LogP contribution in [0.2, 0.25) is 0 Å². The molecule has 208 valence electrons. The molecule has 1 aromatic heterocycles. The van der Waals surface area contributed by atoms with E-state index in [0.717, 1.165) is 46.8 Å². The van der Waals surface area contributed by atoms with Crippen LogP contribution in [0.15, 0.2) is 108 Å². The summed E-state index contributed by atoms with van der Waals surface area (Å²) in [7, 11) is 0. The molecule has 0 amide bonds. The third-order valence-corrected chi connectivity index (χ3v) is 8.88. The maximum absolute atomic E-state index is 5.48. The van der Waals surface area contributed by atoms with E-state index in [1.807, 2.05) is 0 Å². The average Bonchev–Trinajstić information content (AvgIpc) is 3.31. The van der Waals surface area contributed by atoms with E-state index in [2.05, 4.69) is 137 Å². The second-order valence-electron chi connectivity index (χ2n) is 11.4. The number of aryl methyl sites for hydroxylation is 4. The van der Waals surface area contributed by atoms with E-state index in [9.17, 15) is 0 Å². The van der Waals surface area contributed by atoms with Gasteiger partial charge in [-0.05, 0) is 52.6 Å². The van der Waals surface area contributed by atoms with Crippen molar-refractivity contribution in [1.82, 2.24) is 4.98 Å². The molecule has 5 aromatic rings. The zero-order valence-corrected chi connectivity index (χ0v) is 26.6. The van der Waals surface area contributed by atoms with Crippen LogP contribution in [0.25, 0.3) is 22.4 Å². The van der Waals surface area contributed by atoms with Gasteiger partial charge in [-0.15, -0.1) is 69.8 Å². The molecule has 1 aliphatic carbocycles. The minimum atomic E-state index is -0.631. The first-order valence-corrected chi connectivity index (χ1v) is 14.4. The zero-order valence-electron chi connectivity index (χ0n) is 24.4. The van der Waals surface area contributed by atoms with Crippen LogP contribution in [0, 0.1) is 39.8 Å². The molecule has 0 fully saturated rings. The zero-order chi connectivity index (χ0) is 28.1.